The van der Waals surface area contributed by atoms with Crippen LogP contribution in [-0.2, 0) is 10.8 Å². The van der Waals surface area contributed by atoms with Crippen molar-refractivity contribution in [3.63, 3.8) is 0 Å². The van der Waals surface area contributed by atoms with E-state index in [0.29, 0.717) is 0 Å². The maximum absolute atomic E-state index is 6.54. The zero-order valence-electron chi connectivity index (χ0n) is 48.4. The van der Waals surface area contributed by atoms with Crippen molar-refractivity contribution >= 4 is 133 Å². The molecule has 12 aromatic carbocycles. The summed E-state index contributed by atoms with van der Waals surface area (Å²) in [6.07, 6.45) is 0. The molecule has 1 aliphatic carbocycles. The van der Waals surface area contributed by atoms with E-state index in [1.165, 1.54) is 43.1 Å². The van der Waals surface area contributed by atoms with Gasteiger partial charge in [-0.1, -0.05) is 182 Å². The smallest absolute Gasteiger partial charge is 0.135 e. The van der Waals surface area contributed by atoms with Gasteiger partial charge in [0.15, 0.2) is 0 Å². The minimum Gasteiger partial charge on any atom is -0.456 e. The first-order chi connectivity index (χ1) is 44.6. The maximum Gasteiger partial charge on any atom is 0.135 e. The van der Waals surface area contributed by atoms with Crippen LogP contribution in [0.25, 0.3) is 43.9 Å². The lowest BCUT2D eigenvalue weighted by atomic mass is 9.53. The zero-order chi connectivity index (χ0) is 59.1. The SMILES string of the molecule is c1ccc(N(c2ccc3oc4ccccc4c3c2)c2cc3c(s2)C2(c4ccccc4N(c4ccccc4)c4ccccc42)c2cc(N(c4ccccc4)c4ccc5oc6ccccc6c5c4)sc2C32c3ccccc3N(c3ccccc3)c3ccccc32)cc1. The average Bonchev–Trinajstić information content (AvgIpc) is 1.27. The number of anilines is 12. The van der Waals surface area contributed by atoms with Crippen LogP contribution >= 0.6 is 22.7 Å². The van der Waals surface area contributed by atoms with Gasteiger partial charge in [-0.3, -0.25) is 0 Å². The number of benzene rings is 12. The number of furan rings is 2. The van der Waals surface area contributed by atoms with E-state index in [2.05, 4.69) is 323 Å². The Morgan fingerprint density at radius 1 is 0.256 bits per heavy atom. The second kappa shape index (κ2) is 19.7. The van der Waals surface area contributed by atoms with Gasteiger partial charge < -0.3 is 28.4 Å². The lowest BCUT2D eigenvalue weighted by molar-refractivity contribution is 0.634. The van der Waals surface area contributed by atoms with Crippen molar-refractivity contribution in [1.82, 2.24) is 0 Å². The lowest BCUT2D eigenvalue weighted by Crippen LogP contribution is -2.47. The predicted molar refractivity (Wildman–Crippen MR) is 373 cm³/mol. The molecule has 0 unspecified atom stereocenters. The first-order valence-electron chi connectivity index (χ1n) is 30.6. The second-order valence-electron chi connectivity index (χ2n) is 23.5. The van der Waals surface area contributed by atoms with E-state index in [1.54, 1.807) is 0 Å². The van der Waals surface area contributed by atoms with E-state index in [-0.39, 0.29) is 0 Å². The highest BCUT2D eigenvalue weighted by atomic mass is 32.1. The summed E-state index contributed by atoms with van der Waals surface area (Å²) in [5.74, 6) is 0. The predicted octanol–water partition coefficient (Wildman–Crippen LogP) is 23.2. The molecule has 90 heavy (non-hydrogen) atoms. The Morgan fingerprint density at radius 2 is 0.567 bits per heavy atom. The van der Waals surface area contributed by atoms with Crippen LogP contribution in [0.2, 0.25) is 0 Å². The summed E-state index contributed by atoms with van der Waals surface area (Å²) >= 11 is 3.83. The number of thiophene rings is 2. The maximum atomic E-state index is 6.54. The Kier molecular flexibility index (Phi) is 11.1. The molecule has 2 spiro atoms. The van der Waals surface area contributed by atoms with Crippen molar-refractivity contribution in [2.45, 2.75) is 10.8 Å². The highest BCUT2D eigenvalue weighted by Gasteiger charge is 2.61. The third-order valence-electron chi connectivity index (χ3n) is 18.9. The summed E-state index contributed by atoms with van der Waals surface area (Å²) in [5, 5.41) is 6.52. The van der Waals surface area contributed by atoms with Crippen molar-refractivity contribution in [2.24, 2.45) is 0 Å². The molecule has 0 N–H and O–H groups in total. The fraction of sp³-hybridized carbons (Fsp3) is 0.0244. The Bertz CT molecular complexity index is 5010. The molecule has 0 bridgehead atoms. The molecule has 2 aliphatic heterocycles. The molecule has 4 aromatic heterocycles. The molecular weight excluding hydrogens is 1140 g/mol. The Hall–Kier alpha value is -11.2. The number of hydrogen-bond acceptors (Lipinski definition) is 8. The molecule has 0 fully saturated rings. The molecule has 0 saturated heterocycles. The molecule has 16 aromatic rings. The van der Waals surface area contributed by atoms with Crippen molar-refractivity contribution in [1.29, 1.82) is 0 Å². The van der Waals surface area contributed by atoms with E-state index in [1.807, 2.05) is 34.8 Å². The highest BCUT2D eigenvalue weighted by Crippen LogP contribution is 2.72. The highest BCUT2D eigenvalue weighted by molar-refractivity contribution is 7.18. The van der Waals surface area contributed by atoms with Crippen molar-refractivity contribution in [2.75, 3.05) is 19.6 Å². The minimum absolute atomic E-state index is 0.857. The summed E-state index contributed by atoms with van der Waals surface area (Å²) in [6, 6.07) is 116. The lowest BCUT2D eigenvalue weighted by Gasteiger charge is -2.53. The fourth-order valence-corrected chi connectivity index (χ4v) is 18.3. The van der Waals surface area contributed by atoms with Gasteiger partial charge in [0.2, 0.25) is 0 Å². The van der Waals surface area contributed by atoms with Gasteiger partial charge in [0.25, 0.3) is 0 Å². The Balaban J connectivity index is 0.983. The summed E-state index contributed by atoms with van der Waals surface area (Å²) < 4.78 is 13.1. The Labute approximate surface area is 527 Å². The van der Waals surface area contributed by atoms with Crippen molar-refractivity contribution in [3.8, 4) is 0 Å². The monoisotopic (exact) mass is 1190 g/mol. The van der Waals surface area contributed by atoms with Gasteiger partial charge in [-0.15, -0.1) is 22.7 Å². The number of hydrogen-bond donors (Lipinski definition) is 0. The van der Waals surface area contributed by atoms with Crippen LogP contribution < -0.4 is 19.6 Å². The Morgan fingerprint density at radius 3 is 0.944 bits per heavy atom. The first-order valence-corrected chi connectivity index (χ1v) is 32.2. The largest absolute Gasteiger partial charge is 0.456 e. The van der Waals surface area contributed by atoms with Crippen LogP contribution in [0.15, 0.2) is 324 Å². The van der Waals surface area contributed by atoms with Crippen LogP contribution in [0.3, 0.4) is 0 Å². The molecule has 0 amide bonds. The van der Waals surface area contributed by atoms with Gasteiger partial charge in [-0.2, -0.15) is 0 Å². The van der Waals surface area contributed by atoms with Crippen molar-refractivity contribution < 1.29 is 8.83 Å². The van der Waals surface area contributed by atoms with E-state index >= 15 is 0 Å². The van der Waals surface area contributed by atoms with E-state index in [0.717, 1.165) is 111 Å². The molecule has 6 nitrogen and oxygen atoms in total. The van der Waals surface area contributed by atoms with Crippen LogP contribution in [0.5, 0.6) is 0 Å². The van der Waals surface area contributed by atoms with Gasteiger partial charge in [-0.05, 0) is 167 Å². The molecule has 424 valence electrons. The standard InChI is InChI=1S/C82H52N4O2S2/c1-5-25-53(26-6-1)83(57-45-47-75-61(49-57)59-33-13-23-43-73(59)87-75)77-51-67-79(89-77)82(65-37-17-21-41-71(65)86(56-31-11-4-12-32-56)72-42-22-18-38-66(72)82)68-52-78(84(54-27-7-2-8-28-54)58-46-48-76-62(50-58)60-34-14-24-44-74(60)88-76)90-80(68)81(67)63-35-15-19-39-69(63)85(55-29-9-3-10-30-55)70-40-20-16-36-64(70)81/h1-52H. The molecule has 3 aliphatic rings. The van der Waals surface area contributed by atoms with Crippen LogP contribution in [0, 0.1) is 0 Å². The van der Waals surface area contributed by atoms with Crippen LogP contribution in [0.1, 0.15) is 43.1 Å². The molecule has 0 radical (unpaired) electrons. The van der Waals surface area contributed by atoms with Gasteiger partial charge in [-0.25, -0.2) is 0 Å². The van der Waals surface area contributed by atoms with Gasteiger partial charge in [0, 0.05) is 65.4 Å². The van der Waals surface area contributed by atoms with E-state index < -0.39 is 10.8 Å². The van der Waals surface area contributed by atoms with Crippen molar-refractivity contribution in [3.05, 3.63) is 359 Å². The molecular formula is C82H52N4O2S2. The topological polar surface area (TPSA) is 39.2 Å². The summed E-state index contributed by atoms with van der Waals surface area (Å²) in [4.78, 5) is 12.5. The second-order valence-corrected chi connectivity index (χ2v) is 25.5. The van der Waals surface area contributed by atoms with Gasteiger partial charge in [0.05, 0.1) is 33.6 Å². The minimum atomic E-state index is -0.896. The fourth-order valence-electron chi connectivity index (χ4n) is 15.3. The number of fused-ring (bicyclic) bond motifs is 20. The third-order valence-corrected chi connectivity index (χ3v) is 21.3. The molecule has 19 rings (SSSR count). The molecule has 6 heterocycles. The average molecular weight is 1190 g/mol. The molecule has 0 atom stereocenters. The normalized spacial score (nSPS) is 13.9. The van der Waals surface area contributed by atoms with E-state index in [9.17, 15) is 0 Å². The molecule has 0 saturated carbocycles. The van der Waals surface area contributed by atoms with Gasteiger partial charge in [0.1, 0.15) is 32.3 Å². The number of nitrogens with zero attached hydrogens (tertiary/aromatic N) is 4. The van der Waals surface area contributed by atoms with Crippen LogP contribution in [-0.4, -0.2) is 0 Å². The quantitative estimate of drug-likeness (QED) is 0.151. The zero-order valence-corrected chi connectivity index (χ0v) is 50.1. The molecule has 8 heteroatoms. The third kappa shape index (κ3) is 7.14. The van der Waals surface area contributed by atoms with Crippen LogP contribution in [0.4, 0.5) is 66.9 Å². The van der Waals surface area contributed by atoms with E-state index in [4.69, 9.17) is 8.83 Å². The number of rotatable bonds is 8. The number of para-hydroxylation sites is 10. The summed E-state index contributed by atoms with van der Waals surface area (Å²) in [7, 11) is 0. The van der Waals surface area contributed by atoms with Gasteiger partial charge >= 0.3 is 0 Å². The summed E-state index contributed by atoms with van der Waals surface area (Å²) in [5.41, 5.74) is 19.9. The first kappa shape index (κ1) is 50.9. The summed E-state index contributed by atoms with van der Waals surface area (Å²) in [6.45, 7) is 0.